The first-order chi connectivity index (χ1) is 8.70. The highest BCUT2D eigenvalue weighted by atomic mass is 16.2. The first-order valence-corrected chi connectivity index (χ1v) is 7.71. The molecule has 0 radical (unpaired) electrons. The minimum Gasteiger partial charge on any atom is -0.339 e. The molecule has 0 aromatic carbocycles. The van der Waals surface area contributed by atoms with Crippen LogP contribution in [0.1, 0.15) is 52.4 Å². The molecule has 1 N–H and O–H groups in total. The average Bonchev–Trinajstić information content (AvgIpc) is 3.21. The third-order valence-electron chi connectivity index (χ3n) is 4.44. The highest BCUT2D eigenvalue weighted by Crippen LogP contribution is 2.30. The van der Waals surface area contributed by atoms with Gasteiger partial charge in [0.1, 0.15) is 0 Å². The summed E-state index contributed by atoms with van der Waals surface area (Å²) in [5, 5.41) is 3.40. The van der Waals surface area contributed by atoms with Crippen molar-refractivity contribution < 1.29 is 4.79 Å². The van der Waals surface area contributed by atoms with Crippen LogP contribution >= 0.6 is 0 Å². The maximum absolute atomic E-state index is 12.4. The fraction of sp³-hybridized carbons (Fsp3) is 0.933. The van der Waals surface area contributed by atoms with E-state index in [0.29, 0.717) is 17.9 Å². The molecule has 0 bridgehead atoms. The summed E-state index contributed by atoms with van der Waals surface area (Å²) in [4.78, 5) is 14.6. The Labute approximate surface area is 111 Å². The Morgan fingerprint density at radius 3 is 2.50 bits per heavy atom. The van der Waals surface area contributed by atoms with Gasteiger partial charge in [0.05, 0.1) is 0 Å². The van der Waals surface area contributed by atoms with Gasteiger partial charge in [-0.05, 0) is 50.6 Å². The molecule has 1 aliphatic heterocycles. The number of amides is 1. The molecule has 1 unspecified atom stereocenters. The van der Waals surface area contributed by atoms with Crippen LogP contribution in [0.15, 0.2) is 0 Å². The molecule has 2 fully saturated rings. The molecule has 1 atom stereocenters. The van der Waals surface area contributed by atoms with Crippen LogP contribution in [0.5, 0.6) is 0 Å². The highest BCUT2D eigenvalue weighted by molar-refractivity contribution is 5.77. The maximum Gasteiger partial charge on any atom is 0.223 e. The second-order valence-corrected chi connectivity index (χ2v) is 6.19. The summed E-state index contributed by atoms with van der Waals surface area (Å²) in [5.41, 5.74) is 0. The van der Waals surface area contributed by atoms with Gasteiger partial charge in [-0.25, -0.2) is 0 Å². The van der Waals surface area contributed by atoms with Crippen molar-refractivity contribution in [2.24, 2.45) is 11.8 Å². The molecular formula is C15H28N2O. The topological polar surface area (TPSA) is 32.3 Å². The molecule has 104 valence electrons. The van der Waals surface area contributed by atoms with Crippen LogP contribution in [0.25, 0.3) is 0 Å². The molecule has 3 nitrogen and oxygen atoms in total. The van der Waals surface area contributed by atoms with E-state index in [1.807, 2.05) is 0 Å². The van der Waals surface area contributed by atoms with E-state index in [1.54, 1.807) is 0 Å². The van der Waals surface area contributed by atoms with E-state index in [-0.39, 0.29) is 0 Å². The predicted octanol–water partition coefficient (Wildman–Crippen LogP) is 2.41. The van der Waals surface area contributed by atoms with Crippen molar-refractivity contribution in [2.75, 3.05) is 19.6 Å². The Kier molecular flexibility index (Phi) is 5.04. The van der Waals surface area contributed by atoms with Crippen molar-refractivity contribution in [1.29, 1.82) is 0 Å². The molecule has 1 amide bonds. The monoisotopic (exact) mass is 252 g/mol. The van der Waals surface area contributed by atoms with E-state index >= 15 is 0 Å². The van der Waals surface area contributed by atoms with Gasteiger partial charge in [-0.2, -0.15) is 0 Å². The molecule has 0 aromatic rings. The quantitative estimate of drug-likeness (QED) is 0.787. The van der Waals surface area contributed by atoms with Gasteiger partial charge in [-0.15, -0.1) is 0 Å². The molecule has 2 rings (SSSR count). The van der Waals surface area contributed by atoms with Crippen LogP contribution in [-0.2, 0) is 4.79 Å². The number of hydrogen-bond acceptors (Lipinski definition) is 2. The fourth-order valence-corrected chi connectivity index (χ4v) is 2.74. The summed E-state index contributed by atoms with van der Waals surface area (Å²) in [7, 11) is 0. The van der Waals surface area contributed by atoms with Gasteiger partial charge in [0, 0.05) is 19.0 Å². The van der Waals surface area contributed by atoms with Crippen molar-refractivity contribution in [2.45, 2.75) is 58.4 Å². The summed E-state index contributed by atoms with van der Waals surface area (Å²) in [5.74, 6) is 1.67. The number of carbonyl (C=O) groups is 1. The van der Waals surface area contributed by atoms with E-state index in [0.717, 1.165) is 38.4 Å². The molecule has 2 aliphatic rings. The van der Waals surface area contributed by atoms with E-state index in [2.05, 4.69) is 24.1 Å². The summed E-state index contributed by atoms with van der Waals surface area (Å²) < 4.78 is 0. The molecule has 1 aliphatic carbocycles. The van der Waals surface area contributed by atoms with Gasteiger partial charge in [0.15, 0.2) is 0 Å². The summed E-state index contributed by atoms with van der Waals surface area (Å²) in [6.07, 6.45) is 6.80. The Bertz CT molecular complexity index is 270. The minimum absolute atomic E-state index is 0.408. The summed E-state index contributed by atoms with van der Waals surface area (Å²) >= 11 is 0. The van der Waals surface area contributed by atoms with Crippen LogP contribution in [0.3, 0.4) is 0 Å². The lowest BCUT2D eigenvalue weighted by Crippen LogP contribution is -2.41. The van der Waals surface area contributed by atoms with E-state index in [1.165, 1.54) is 25.7 Å². The van der Waals surface area contributed by atoms with Gasteiger partial charge < -0.3 is 10.2 Å². The van der Waals surface area contributed by atoms with Gasteiger partial charge in [-0.1, -0.05) is 20.3 Å². The number of rotatable bonds is 6. The Hall–Kier alpha value is -0.570. The smallest absolute Gasteiger partial charge is 0.223 e. The molecule has 18 heavy (non-hydrogen) atoms. The van der Waals surface area contributed by atoms with E-state index in [4.69, 9.17) is 0 Å². The predicted molar refractivity (Wildman–Crippen MR) is 74.4 cm³/mol. The SMILES string of the molecule is CCC(C)CC(=O)N(CC1CCNCC1)C1CC1. The molecule has 1 saturated heterocycles. The standard InChI is InChI=1S/C15H28N2O/c1-3-12(2)10-15(18)17(14-4-5-14)11-13-6-8-16-9-7-13/h12-14,16H,3-11H2,1-2H3. The van der Waals surface area contributed by atoms with Gasteiger partial charge in [0.25, 0.3) is 0 Å². The van der Waals surface area contributed by atoms with E-state index < -0.39 is 0 Å². The largest absolute Gasteiger partial charge is 0.339 e. The van der Waals surface area contributed by atoms with Gasteiger partial charge in [0.2, 0.25) is 5.91 Å². The van der Waals surface area contributed by atoms with Crippen LogP contribution in [-0.4, -0.2) is 36.5 Å². The van der Waals surface area contributed by atoms with Gasteiger partial charge >= 0.3 is 0 Å². The summed E-state index contributed by atoms with van der Waals surface area (Å²) in [6.45, 7) is 7.63. The van der Waals surface area contributed by atoms with Crippen molar-refractivity contribution in [3.63, 3.8) is 0 Å². The molecular weight excluding hydrogens is 224 g/mol. The zero-order chi connectivity index (χ0) is 13.0. The summed E-state index contributed by atoms with van der Waals surface area (Å²) in [6, 6.07) is 0.580. The van der Waals surface area contributed by atoms with Crippen LogP contribution in [0.2, 0.25) is 0 Å². The number of nitrogens with zero attached hydrogens (tertiary/aromatic N) is 1. The zero-order valence-electron chi connectivity index (χ0n) is 12.0. The maximum atomic E-state index is 12.4. The zero-order valence-corrected chi connectivity index (χ0v) is 12.0. The lowest BCUT2D eigenvalue weighted by Gasteiger charge is -2.31. The molecule has 0 spiro atoms. The first kappa shape index (κ1) is 13.9. The average molecular weight is 252 g/mol. The Morgan fingerprint density at radius 2 is 1.94 bits per heavy atom. The van der Waals surface area contributed by atoms with Crippen molar-refractivity contribution in [1.82, 2.24) is 10.2 Å². The number of nitrogens with one attached hydrogen (secondary N) is 1. The van der Waals surface area contributed by atoms with Gasteiger partial charge in [-0.3, -0.25) is 4.79 Å². The lowest BCUT2D eigenvalue weighted by atomic mass is 9.96. The lowest BCUT2D eigenvalue weighted by molar-refractivity contribution is -0.133. The van der Waals surface area contributed by atoms with Crippen LogP contribution < -0.4 is 5.32 Å². The first-order valence-electron chi connectivity index (χ1n) is 7.71. The van der Waals surface area contributed by atoms with Crippen molar-refractivity contribution in [3.05, 3.63) is 0 Å². The second-order valence-electron chi connectivity index (χ2n) is 6.19. The Balaban J connectivity index is 1.84. The highest BCUT2D eigenvalue weighted by Gasteiger charge is 2.34. The fourth-order valence-electron chi connectivity index (χ4n) is 2.74. The Morgan fingerprint density at radius 1 is 1.28 bits per heavy atom. The number of carbonyl (C=O) groups excluding carboxylic acids is 1. The molecule has 0 aromatic heterocycles. The second kappa shape index (κ2) is 6.55. The van der Waals surface area contributed by atoms with Crippen LogP contribution in [0, 0.1) is 11.8 Å². The minimum atomic E-state index is 0.408. The normalized spacial score (nSPS) is 22.8. The van der Waals surface area contributed by atoms with E-state index in [9.17, 15) is 4.79 Å². The molecule has 3 heteroatoms. The number of piperidine rings is 1. The molecule has 1 heterocycles. The number of hydrogen-bond donors (Lipinski definition) is 1. The third-order valence-corrected chi connectivity index (χ3v) is 4.44. The molecule has 1 saturated carbocycles. The van der Waals surface area contributed by atoms with Crippen LogP contribution in [0.4, 0.5) is 0 Å². The van der Waals surface area contributed by atoms with Crippen molar-refractivity contribution in [3.8, 4) is 0 Å². The van der Waals surface area contributed by atoms with Crippen molar-refractivity contribution >= 4 is 5.91 Å². The third kappa shape index (κ3) is 3.98.